The summed E-state index contributed by atoms with van der Waals surface area (Å²) in [7, 11) is -2.95. The Balaban J connectivity index is 2.57. The van der Waals surface area contributed by atoms with E-state index in [2.05, 4.69) is 27.7 Å². The van der Waals surface area contributed by atoms with Crippen molar-refractivity contribution < 1.29 is 8.42 Å². The van der Waals surface area contributed by atoms with Gasteiger partial charge in [-0.15, -0.1) is 0 Å². The highest BCUT2D eigenvalue weighted by Gasteiger charge is 2.15. The summed E-state index contributed by atoms with van der Waals surface area (Å²) in [4.78, 5) is 0. The van der Waals surface area contributed by atoms with E-state index in [-0.39, 0.29) is 11.0 Å². The molecule has 0 aliphatic rings. The Morgan fingerprint density at radius 2 is 2.21 bits per heavy atom. The average Bonchev–Trinajstić information content (AvgIpc) is 2.48. The second-order valence-corrected chi connectivity index (χ2v) is 7.26. The second-order valence-electron chi connectivity index (χ2n) is 3.34. The second kappa shape index (κ2) is 4.61. The molecule has 0 spiro atoms. The van der Waals surface area contributed by atoms with Crippen LogP contribution in [0.2, 0.25) is 0 Å². The van der Waals surface area contributed by atoms with E-state index in [4.69, 9.17) is 0 Å². The van der Waals surface area contributed by atoms with Crippen LogP contribution in [-0.2, 0) is 16.4 Å². The number of nitrogens with zero attached hydrogens (tertiary/aromatic N) is 2. The van der Waals surface area contributed by atoms with E-state index in [1.807, 2.05) is 6.20 Å². The molecule has 80 valence electrons. The van der Waals surface area contributed by atoms with Crippen molar-refractivity contribution in [3.05, 3.63) is 16.0 Å². The van der Waals surface area contributed by atoms with Crippen LogP contribution in [-0.4, -0.2) is 29.2 Å². The monoisotopic (exact) mass is 328 g/mol. The van der Waals surface area contributed by atoms with Crippen molar-refractivity contribution in [3.8, 4) is 0 Å². The molecule has 0 aliphatic heterocycles. The van der Waals surface area contributed by atoms with Crippen molar-refractivity contribution in [2.75, 3.05) is 5.75 Å². The Hall–Kier alpha value is -0.110. The molecule has 14 heavy (non-hydrogen) atoms. The van der Waals surface area contributed by atoms with Gasteiger partial charge in [0.25, 0.3) is 0 Å². The molecule has 0 radical (unpaired) electrons. The third-order valence-electron chi connectivity index (χ3n) is 1.92. The van der Waals surface area contributed by atoms with Gasteiger partial charge in [-0.1, -0.05) is 0 Å². The van der Waals surface area contributed by atoms with E-state index >= 15 is 0 Å². The van der Waals surface area contributed by atoms with Gasteiger partial charge < -0.3 is 0 Å². The molecule has 6 heteroatoms. The molecule has 0 aliphatic carbocycles. The number of aromatic nitrogens is 2. The fourth-order valence-corrected chi connectivity index (χ4v) is 2.28. The van der Waals surface area contributed by atoms with Crippen LogP contribution in [0.3, 0.4) is 0 Å². The van der Waals surface area contributed by atoms with E-state index in [0.717, 1.165) is 3.57 Å². The Morgan fingerprint density at radius 1 is 1.57 bits per heavy atom. The van der Waals surface area contributed by atoms with Crippen molar-refractivity contribution in [3.63, 3.8) is 0 Å². The predicted octanol–water partition coefficient (Wildman–Crippen LogP) is 1.31. The van der Waals surface area contributed by atoms with E-state index in [0.29, 0.717) is 6.54 Å². The first-order valence-corrected chi connectivity index (χ1v) is 7.11. The van der Waals surface area contributed by atoms with Gasteiger partial charge in [0.2, 0.25) is 0 Å². The van der Waals surface area contributed by atoms with Gasteiger partial charge in [0.1, 0.15) is 0 Å². The van der Waals surface area contributed by atoms with Gasteiger partial charge >= 0.3 is 0 Å². The summed E-state index contributed by atoms with van der Waals surface area (Å²) < 4.78 is 25.6. The maximum Gasteiger partial charge on any atom is 0.154 e. The van der Waals surface area contributed by atoms with E-state index < -0.39 is 9.84 Å². The molecule has 0 aromatic carbocycles. The zero-order valence-corrected chi connectivity index (χ0v) is 11.1. The molecule has 0 fully saturated rings. The van der Waals surface area contributed by atoms with Crippen LogP contribution < -0.4 is 0 Å². The summed E-state index contributed by atoms with van der Waals surface area (Å²) in [6, 6.07) is 0. The van der Waals surface area contributed by atoms with E-state index in [1.165, 1.54) is 0 Å². The summed E-state index contributed by atoms with van der Waals surface area (Å²) in [5.74, 6) is 0.155. The Bertz CT molecular complexity index is 397. The normalized spacial score (nSPS) is 12.3. The van der Waals surface area contributed by atoms with Crippen molar-refractivity contribution >= 4 is 32.4 Å². The molecule has 1 aromatic heterocycles. The van der Waals surface area contributed by atoms with E-state index in [1.54, 1.807) is 24.7 Å². The Morgan fingerprint density at radius 3 is 2.64 bits per heavy atom. The van der Waals surface area contributed by atoms with Gasteiger partial charge in [0, 0.05) is 6.20 Å². The zero-order chi connectivity index (χ0) is 10.8. The third-order valence-corrected chi connectivity index (χ3v) is 4.67. The fraction of sp³-hybridized carbons (Fsp3) is 0.625. The predicted molar refractivity (Wildman–Crippen MR) is 63.9 cm³/mol. The summed E-state index contributed by atoms with van der Waals surface area (Å²) in [5, 5.41) is 3.71. The minimum atomic E-state index is -2.95. The number of halogens is 1. The van der Waals surface area contributed by atoms with Crippen molar-refractivity contribution in [1.82, 2.24) is 9.78 Å². The topological polar surface area (TPSA) is 52.0 Å². The van der Waals surface area contributed by atoms with Crippen molar-refractivity contribution in [2.24, 2.45) is 0 Å². The standard InChI is InChI=1S/C8H13IN2O2S/c1-7(2)14(12,13)4-3-11-6-8(9)5-10-11/h5-7H,3-4H2,1-2H3. The SMILES string of the molecule is CC(C)S(=O)(=O)CCn1cc(I)cn1. The van der Waals surface area contributed by atoms with Gasteiger partial charge in [0.05, 0.1) is 27.3 Å². The molecule has 0 atom stereocenters. The molecule has 1 heterocycles. The molecule has 0 unspecified atom stereocenters. The largest absolute Gasteiger partial charge is 0.271 e. The number of rotatable bonds is 4. The zero-order valence-electron chi connectivity index (χ0n) is 8.14. The van der Waals surface area contributed by atoms with Crippen LogP contribution in [0.25, 0.3) is 0 Å². The lowest BCUT2D eigenvalue weighted by atomic mass is 10.6. The summed E-state index contributed by atoms with van der Waals surface area (Å²) >= 11 is 2.14. The van der Waals surface area contributed by atoms with Crippen LogP contribution >= 0.6 is 22.6 Å². The lowest BCUT2D eigenvalue weighted by Gasteiger charge is -2.06. The molecule has 4 nitrogen and oxygen atoms in total. The summed E-state index contributed by atoms with van der Waals surface area (Å²) in [6.45, 7) is 3.83. The first-order valence-electron chi connectivity index (χ1n) is 4.31. The van der Waals surface area contributed by atoms with E-state index in [9.17, 15) is 8.42 Å². The van der Waals surface area contributed by atoms with Gasteiger partial charge in [0.15, 0.2) is 9.84 Å². The molecule has 0 saturated carbocycles. The molecule has 0 saturated heterocycles. The van der Waals surface area contributed by atoms with Gasteiger partial charge in [-0.3, -0.25) is 4.68 Å². The van der Waals surface area contributed by atoms with Crippen molar-refractivity contribution in [2.45, 2.75) is 25.6 Å². The van der Waals surface area contributed by atoms with Gasteiger partial charge in [-0.05, 0) is 36.4 Å². The molecule has 0 bridgehead atoms. The summed E-state index contributed by atoms with van der Waals surface area (Å²) in [6.07, 6.45) is 3.54. The highest BCUT2D eigenvalue weighted by atomic mass is 127. The lowest BCUT2D eigenvalue weighted by molar-refractivity contribution is 0.572. The number of sulfone groups is 1. The van der Waals surface area contributed by atoms with Gasteiger partial charge in [-0.25, -0.2) is 8.42 Å². The Kier molecular flexibility index (Phi) is 3.94. The van der Waals surface area contributed by atoms with Crippen LogP contribution in [0.1, 0.15) is 13.8 Å². The average molecular weight is 328 g/mol. The maximum atomic E-state index is 11.5. The highest BCUT2D eigenvalue weighted by Crippen LogP contribution is 2.04. The summed E-state index contributed by atoms with van der Waals surface area (Å²) in [5.41, 5.74) is 0. The number of hydrogen-bond donors (Lipinski definition) is 0. The number of aryl methyl sites for hydroxylation is 1. The molecular formula is C8H13IN2O2S. The number of hydrogen-bond acceptors (Lipinski definition) is 3. The van der Waals surface area contributed by atoms with Gasteiger partial charge in [-0.2, -0.15) is 5.10 Å². The molecular weight excluding hydrogens is 315 g/mol. The van der Waals surface area contributed by atoms with Crippen LogP contribution in [0.5, 0.6) is 0 Å². The van der Waals surface area contributed by atoms with Crippen LogP contribution in [0.15, 0.2) is 12.4 Å². The first kappa shape index (κ1) is 12.0. The Labute approximate surface area is 97.8 Å². The van der Waals surface area contributed by atoms with Crippen LogP contribution in [0, 0.1) is 3.57 Å². The lowest BCUT2D eigenvalue weighted by Crippen LogP contribution is -2.21. The van der Waals surface area contributed by atoms with Crippen LogP contribution in [0.4, 0.5) is 0 Å². The molecule has 0 amide bonds. The molecule has 0 N–H and O–H groups in total. The molecule has 1 aromatic rings. The first-order chi connectivity index (χ1) is 6.42. The fourth-order valence-electron chi connectivity index (χ4n) is 0.917. The maximum absolute atomic E-state index is 11.5. The minimum absolute atomic E-state index is 0.155. The molecule has 1 rings (SSSR count). The third kappa shape index (κ3) is 3.23. The van der Waals surface area contributed by atoms with Crippen molar-refractivity contribution in [1.29, 1.82) is 0 Å². The minimum Gasteiger partial charge on any atom is -0.271 e. The quantitative estimate of drug-likeness (QED) is 0.783. The highest BCUT2D eigenvalue weighted by molar-refractivity contribution is 14.1. The smallest absolute Gasteiger partial charge is 0.154 e.